The van der Waals surface area contributed by atoms with E-state index < -0.39 is 0 Å². The van der Waals surface area contributed by atoms with Crippen LogP contribution in [0.15, 0.2) is 24.3 Å². The number of nitrogens with two attached hydrogens (primary N) is 1. The van der Waals surface area contributed by atoms with Gasteiger partial charge in [0.15, 0.2) is 0 Å². The number of carbonyl (C=O) groups is 1. The van der Waals surface area contributed by atoms with Crippen molar-refractivity contribution in [2.24, 2.45) is 11.7 Å². The maximum Gasteiger partial charge on any atom is 0.222 e. The number of hydrogen-bond acceptors (Lipinski definition) is 2. The third-order valence-electron chi connectivity index (χ3n) is 4.25. The van der Waals surface area contributed by atoms with Crippen LogP contribution in [0.1, 0.15) is 51.1 Å². The number of amides is 1. The molecular weight excluding hydrogens is 284 g/mol. The Bertz CT molecular complexity index is 450. The summed E-state index contributed by atoms with van der Waals surface area (Å²) in [5.74, 6) is 0.709. The zero-order chi connectivity index (χ0) is 15.8. The Kier molecular flexibility index (Phi) is 7.76. The average Bonchev–Trinajstić information content (AvgIpc) is 2.50. The molecule has 4 heteroatoms. The van der Waals surface area contributed by atoms with Gasteiger partial charge in [0, 0.05) is 18.5 Å². The number of carbonyl (C=O) groups excluding carboxylic acids is 1. The summed E-state index contributed by atoms with van der Waals surface area (Å²) in [4.78, 5) is 14.1. The van der Waals surface area contributed by atoms with E-state index in [0.29, 0.717) is 23.9 Å². The number of halogens is 1. The van der Waals surface area contributed by atoms with Crippen molar-refractivity contribution < 1.29 is 4.79 Å². The SMILES string of the molecule is CCC(CCN)CCC(=O)N(C)C(C)c1ccccc1Cl. The topological polar surface area (TPSA) is 46.3 Å². The van der Waals surface area contributed by atoms with E-state index in [9.17, 15) is 4.79 Å². The van der Waals surface area contributed by atoms with Crippen LogP contribution in [0.2, 0.25) is 5.02 Å². The van der Waals surface area contributed by atoms with Crippen molar-refractivity contribution in [1.82, 2.24) is 4.90 Å². The van der Waals surface area contributed by atoms with E-state index >= 15 is 0 Å². The predicted octanol–water partition coefficient (Wildman–Crippen LogP) is 4.01. The molecule has 1 rings (SSSR count). The summed E-state index contributed by atoms with van der Waals surface area (Å²) in [6, 6.07) is 7.67. The molecule has 0 aliphatic carbocycles. The first-order valence-corrected chi connectivity index (χ1v) is 8.09. The van der Waals surface area contributed by atoms with Gasteiger partial charge in [-0.15, -0.1) is 0 Å². The molecule has 2 N–H and O–H groups in total. The van der Waals surface area contributed by atoms with Crippen LogP contribution in [0.5, 0.6) is 0 Å². The summed E-state index contributed by atoms with van der Waals surface area (Å²) in [7, 11) is 1.85. The highest BCUT2D eigenvalue weighted by molar-refractivity contribution is 6.31. The quantitative estimate of drug-likeness (QED) is 0.788. The Morgan fingerprint density at radius 1 is 1.33 bits per heavy atom. The van der Waals surface area contributed by atoms with Crippen molar-refractivity contribution in [2.75, 3.05) is 13.6 Å². The second kappa shape index (κ2) is 9.06. The zero-order valence-electron chi connectivity index (χ0n) is 13.3. The maximum absolute atomic E-state index is 12.3. The number of benzene rings is 1. The van der Waals surface area contributed by atoms with E-state index in [1.165, 1.54) is 0 Å². The lowest BCUT2D eigenvalue weighted by Crippen LogP contribution is -2.30. The van der Waals surface area contributed by atoms with Gasteiger partial charge in [-0.25, -0.2) is 0 Å². The minimum atomic E-state index is -0.0132. The first-order valence-electron chi connectivity index (χ1n) is 7.71. The summed E-state index contributed by atoms with van der Waals surface area (Å²) in [6.07, 6.45) is 3.55. The molecule has 0 spiro atoms. The molecule has 3 nitrogen and oxygen atoms in total. The van der Waals surface area contributed by atoms with E-state index in [1.54, 1.807) is 4.90 Å². The largest absolute Gasteiger partial charge is 0.339 e. The van der Waals surface area contributed by atoms with Gasteiger partial charge in [-0.1, -0.05) is 43.1 Å². The molecule has 0 aromatic heterocycles. The first kappa shape index (κ1) is 18.0. The maximum atomic E-state index is 12.3. The fraction of sp³-hybridized carbons (Fsp3) is 0.588. The molecule has 2 atom stereocenters. The monoisotopic (exact) mass is 310 g/mol. The molecule has 2 unspecified atom stereocenters. The van der Waals surface area contributed by atoms with Gasteiger partial charge in [0.25, 0.3) is 0 Å². The molecule has 0 aliphatic rings. The molecule has 0 saturated carbocycles. The Hall–Kier alpha value is -1.06. The fourth-order valence-corrected chi connectivity index (χ4v) is 2.82. The molecule has 21 heavy (non-hydrogen) atoms. The van der Waals surface area contributed by atoms with Crippen LogP contribution < -0.4 is 5.73 Å². The smallest absolute Gasteiger partial charge is 0.222 e. The molecule has 0 aliphatic heterocycles. The summed E-state index contributed by atoms with van der Waals surface area (Å²) in [5.41, 5.74) is 6.59. The van der Waals surface area contributed by atoms with Crippen molar-refractivity contribution in [1.29, 1.82) is 0 Å². The molecule has 0 heterocycles. The van der Waals surface area contributed by atoms with Crippen molar-refractivity contribution >= 4 is 17.5 Å². The van der Waals surface area contributed by atoms with Crippen molar-refractivity contribution in [3.8, 4) is 0 Å². The lowest BCUT2D eigenvalue weighted by atomic mass is 9.96. The van der Waals surface area contributed by atoms with Gasteiger partial charge in [-0.05, 0) is 43.9 Å². The summed E-state index contributed by atoms with van der Waals surface area (Å²) in [5, 5.41) is 0.708. The van der Waals surface area contributed by atoms with Gasteiger partial charge in [0.05, 0.1) is 6.04 Å². The second-order valence-corrected chi connectivity index (χ2v) is 6.00. The van der Waals surface area contributed by atoms with Gasteiger partial charge >= 0.3 is 0 Å². The third-order valence-corrected chi connectivity index (χ3v) is 4.59. The van der Waals surface area contributed by atoms with Crippen molar-refractivity contribution in [2.45, 2.75) is 45.6 Å². The Labute approximate surface area is 133 Å². The van der Waals surface area contributed by atoms with Gasteiger partial charge < -0.3 is 10.6 Å². The molecule has 1 aromatic rings. The Morgan fingerprint density at radius 2 is 2.00 bits per heavy atom. The van der Waals surface area contributed by atoms with E-state index in [4.69, 9.17) is 17.3 Å². The van der Waals surface area contributed by atoms with Gasteiger partial charge in [0.1, 0.15) is 0 Å². The van der Waals surface area contributed by atoms with Crippen LogP contribution in [-0.2, 0) is 4.79 Å². The van der Waals surface area contributed by atoms with Crippen LogP contribution in [0.3, 0.4) is 0 Å². The van der Waals surface area contributed by atoms with E-state index in [2.05, 4.69) is 6.92 Å². The number of nitrogens with zero attached hydrogens (tertiary/aromatic N) is 1. The average molecular weight is 311 g/mol. The van der Waals surface area contributed by atoms with Crippen molar-refractivity contribution in [3.05, 3.63) is 34.9 Å². The van der Waals surface area contributed by atoms with Gasteiger partial charge in [-0.3, -0.25) is 4.79 Å². The number of rotatable bonds is 8. The summed E-state index contributed by atoms with van der Waals surface area (Å²) in [6.45, 7) is 4.86. The van der Waals surface area contributed by atoms with E-state index in [0.717, 1.165) is 24.8 Å². The van der Waals surface area contributed by atoms with E-state index in [-0.39, 0.29) is 11.9 Å². The lowest BCUT2D eigenvalue weighted by Gasteiger charge is -2.27. The summed E-state index contributed by atoms with van der Waals surface area (Å²) < 4.78 is 0. The molecule has 0 fully saturated rings. The standard InChI is InChI=1S/C17H27ClN2O/c1-4-14(11-12-19)9-10-17(21)20(3)13(2)15-7-5-6-8-16(15)18/h5-8,13-14H,4,9-12,19H2,1-3H3. The minimum Gasteiger partial charge on any atom is -0.339 e. The van der Waals surface area contributed by atoms with Gasteiger partial charge in [0.2, 0.25) is 5.91 Å². The minimum absolute atomic E-state index is 0.0132. The molecule has 118 valence electrons. The van der Waals surface area contributed by atoms with Crippen LogP contribution in [-0.4, -0.2) is 24.4 Å². The second-order valence-electron chi connectivity index (χ2n) is 5.59. The molecule has 0 radical (unpaired) electrons. The summed E-state index contributed by atoms with van der Waals surface area (Å²) >= 11 is 6.21. The lowest BCUT2D eigenvalue weighted by molar-refractivity contribution is -0.132. The van der Waals surface area contributed by atoms with Crippen LogP contribution in [0.25, 0.3) is 0 Å². The zero-order valence-corrected chi connectivity index (χ0v) is 14.1. The molecule has 1 amide bonds. The predicted molar refractivity (Wildman–Crippen MR) is 89.3 cm³/mol. The fourth-order valence-electron chi connectivity index (χ4n) is 2.53. The molecule has 0 saturated heterocycles. The highest BCUT2D eigenvalue weighted by Gasteiger charge is 2.19. The van der Waals surface area contributed by atoms with Gasteiger partial charge in [-0.2, -0.15) is 0 Å². The van der Waals surface area contributed by atoms with Crippen LogP contribution in [0, 0.1) is 5.92 Å². The third kappa shape index (κ3) is 5.33. The Balaban J connectivity index is 2.59. The highest BCUT2D eigenvalue weighted by Crippen LogP contribution is 2.27. The first-order chi connectivity index (χ1) is 10.0. The van der Waals surface area contributed by atoms with Crippen molar-refractivity contribution in [3.63, 3.8) is 0 Å². The Morgan fingerprint density at radius 3 is 2.57 bits per heavy atom. The van der Waals surface area contributed by atoms with Crippen LogP contribution in [0.4, 0.5) is 0 Å². The molecular formula is C17H27ClN2O. The molecule has 1 aromatic carbocycles. The normalized spacial score (nSPS) is 13.8. The number of hydrogen-bond donors (Lipinski definition) is 1. The molecule has 0 bridgehead atoms. The van der Waals surface area contributed by atoms with E-state index in [1.807, 2.05) is 38.2 Å². The highest BCUT2D eigenvalue weighted by atomic mass is 35.5. The van der Waals surface area contributed by atoms with Crippen LogP contribution >= 0.6 is 11.6 Å².